The van der Waals surface area contributed by atoms with Crippen LogP contribution in [0.15, 0.2) is 15.5 Å². The molecule has 0 aliphatic carbocycles. The summed E-state index contributed by atoms with van der Waals surface area (Å²) >= 11 is 3.37. The second-order valence-electron chi connectivity index (χ2n) is 6.16. The molecule has 0 fully saturated rings. The molecule has 0 amide bonds. The van der Waals surface area contributed by atoms with Gasteiger partial charge < -0.3 is 10.2 Å². The smallest absolute Gasteiger partial charge is 0.283 e. The lowest BCUT2D eigenvalue weighted by atomic mass is 9.93. The van der Waals surface area contributed by atoms with Gasteiger partial charge in [0.05, 0.1) is 11.9 Å². The summed E-state index contributed by atoms with van der Waals surface area (Å²) in [5.41, 5.74) is 0.790. The van der Waals surface area contributed by atoms with Gasteiger partial charge in [-0.3, -0.25) is 4.79 Å². The van der Waals surface area contributed by atoms with Crippen molar-refractivity contribution in [2.75, 3.05) is 32.5 Å². The van der Waals surface area contributed by atoms with E-state index >= 15 is 0 Å². The first kappa shape index (κ1) is 17.2. The standard InChI is InChI=1S/C14H25BrN4O/c1-6-7-19-13(20)12(15)11(8-17-19)16-9-14(2,3)10-18(4)5/h8,16H,6-7,9-10H2,1-5H3. The van der Waals surface area contributed by atoms with Crippen LogP contribution < -0.4 is 10.9 Å². The summed E-state index contributed by atoms with van der Waals surface area (Å²) in [6.45, 7) is 8.81. The zero-order valence-corrected chi connectivity index (χ0v) is 14.6. The van der Waals surface area contributed by atoms with Crippen molar-refractivity contribution in [3.05, 3.63) is 21.0 Å². The van der Waals surface area contributed by atoms with Crippen molar-refractivity contribution in [2.45, 2.75) is 33.7 Å². The van der Waals surface area contributed by atoms with Gasteiger partial charge in [0.25, 0.3) is 5.56 Å². The van der Waals surface area contributed by atoms with Crippen molar-refractivity contribution >= 4 is 21.6 Å². The molecular formula is C14H25BrN4O. The van der Waals surface area contributed by atoms with E-state index in [1.54, 1.807) is 6.20 Å². The van der Waals surface area contributed by atoms with Crippen LogP contribution in [-0.2, 0) is 6.54 Å². The van der Waals surface area contributed by atoms with Gasteiger partial charge in [-0.15, -0.1) is 0 Å². The molecule has 0 saturated heterocycles. The fourth-order valence-corrected chi connectivity index (χ4v) is 2.65. The summed E-state index contributed by atoms with van der Waals surface area (Å²) in [6, 6.07) is 0. The van der Waals surface area contributed by atoms with E-state index in [4.69, 9.17) is 0 Å². The molecule has 0 aliphatic rings. The molecule has 0 aliphatic heterocycles. The predicted octanol–water partition coefficient (Wildman–Crippen LogP) is 2.42. The molecule has 0 unspecified atom stereocenters. The Balaban J connectivity index is 2.79. The van der Waals surface area contributed by atoms with Gasteiger partial charge in [0.1, 0.15) is 4.47 Å². The lowest BCUT2D eigenvalue weighted by Crippen LogP contribution is -2.35. The Morgan fingerprint density at radius 2 is 2.10 bits per heavy atom. The number of rotatable bonds is 7. The zero-order valence-electron chi connectivity index (χ0n) is 13.0. The van der Waals surface area contributed by atoms with Crippen LogP contribution in [0.1, 0.15) is 27.2 Å². The van der Waals surface area contributed by atoms with Crippen LogP contribution in [0.25, 0.3) is 0 Å². The van der Waals surface area contributed by atoms with Gasteiger partial charge in [0, 0.05) is 19.6 Å². The minimum Gasteiger partial charge on any atom is -0.382 e. The number of halogens is 1. The number of anilines is 1. The van der Waals surface area contributed by atoms with E-state index in [9.17, 15) is 4.79 Å². The maximum Gasteiger partial charge on any atom is 0.283 e. The first-order valence-electron chi connectivity index (χ1n) is 6.91. The van der Waals surface area contributed by atoms with Crippen LogP contribution in [0.2, 0.25) is 0 Å². The van der Waals surface area contributed by atoms with Gasteiger partial charge in [0.15, 0.2) is 0 Å². The number of aromatic nitrogens is 2. The molecule has 1 rings (SSSR count). The molecule has 114 valence electrons. The minimum atomic E-state index is -0.0812. The van der Waals surface area contributed by atoms with Crippen molar-refractivity contribution in [3.8, 4) is 0 Å². The second kappa shape index (κ2) is 7.22. The summed E-state index contributed by atoms with van der Waals surface area (Å²) in [6.07, 6.45) is 2.61. The highest BCUT2D eigenvalue weighted by Crippen LogP contribution is 2.21. The van der Waals surface area contributed by atoms with E-state index < -0.39 is 0 Å². The van der Waals surface area contributed by atoms with E-state index in [0.29, 0.717) is 11.0 Å². The van der Waals surface area contributed by atoms with Gasteiger partial charge in [0.2, 0.25) is 0 Å². The third-order valence-corrected chi connectivity index (χ3v) is 3.69. The topological polar surface area (TPSA) is 50.2 Å². The summed E-state index contributed by atoms with van der Waals surface area (Å²) in [5, 5.41) is 7.51. The highest BCUT2D eigenvalue weighted by molar-refractivity contribution is 9.10. The molecule has 0 spiro atoms. The highest BCUT2D eigenvalue weighted by atomic mass is 79.9. The Bertz CT molecular complexity index is 496. The normalized spacial score (nSPS) is 11.9. The SMILES string of the molecule is CCCn1ncc(NCC(C)(C)CN(C)C)c(Br)c1=O. The fraction of sp³-hybridized carbons (Fsp3) is 0.714. The number of nitrogens with one attached hydrogen (secondary N) is 1. The molecule has 0 atom stereocenters. The maximum absolute atomic E-state index is 12.1. The molecule has 1 N–H and O–H groups in total. The zero-order chi connectivity index (χ0) is 15.3. The molecule has 1 heterocycles. The monoisotopic (exact) mass is 344 g/mol. The molecule has 0 bridgehead atoms. The predicted molar refractivity (Wildman–Crippen MR) is 87.3 cm³/mol. The molecule has 0 saturated carbocycles. The van der Waals surface area contributed by atoms with E-state index in [0.717, 1.165) is 25.2 Å². The minimum absolute atomic E-state index is 0.0812. The quantitative estimate of drug-likeness (QED) is 0.825. The Hall–Kier alpha value is -0.880. The van der Waals surface area contributed by atoms with Crippen molar-refractivity contribution in [1.29, 1.82) is 0 Å². The second-order valence-corrected chi connectivity index (χ2v) is 6.95. The summed E-state index contributed by atoms with van der Waals surface area (Å²) in [4.78, 5) is 14.2. The number of hydrogen-bond acceptors (Lipinski definition) is 4. The van der Waals surface area contributed by atoms with Gasteiger partial charge in [-0.2, -0.15) is 5.10 Å². The third-order valence-electron chi connectivity index (χ3n) is 2.92. The number of hydrogen-bond donors (Lipinski definition) is 1. The lowest BCUT2D eigenvalue weighted by molar-refractivity contribution is 0.254. The van der Waals surface area contributed by atoms with Crippen LogP contribution in [0.3, 0.4) is 0 Å². The van der Waals surface area contributed by atoms with Crippen LogP contribution in [0.4, 0.5) is 5.69 Å². The van der Waals surface area contributed by atoms with Crippen LogP contribution in [0, 0.1) is 5.41 Å². The molecule has 6 heteroatoms. The van der Waals surface area contributed by atoms with Gasteiger partial charge >= 0.3 is 0 Å². The first-order valence-corrected chi connectivity index (χ1v) is 7.70. The van der Waals surface area contributed by atoms with Crippen LogP contribution in [-0.4, -0.2) is 41.9 Å². The Morgan fingerprint density at radius 3 is 2.65 bits per heavy atom. The van der Waals surface area contributed by atoms with Gasteiger partial charge in [-0.25, -0.2) is 4.68 Å². The van der Waals surface area contributed by atoms with Gasteiger partial charge in [-0.1, -0.05) is 20.8 Å². The van der Waals surface area contributed by atoms with Gasteiger partial charge in [-0.05, 0) is 41.9 Å². The fourth-order valence-electron chi connectivity index (χ4n) is 2.21. The molecule has 5 nitrogen and oxygen atoms in total. The molecular weight excluding hydrogens is 320 g/mol. The third kappa shape index (κ3) is 4.90. The molecule has 1 aromatic heterocycles. The van der Waals surface area contributed by atoms with E-state index in [-0.39, 0.29) is 11.0 Å². The van der Waals surface area contributed by atoms with Crippen molar-refractivity contribution < 1.29 is 0 Å². The molecule has 1 aromatic rings. The van der Waals surface area contributed by atoms with Crippen molar-refractivity contribution in [1.82, 2.24) is 14.7 Å². The number of aryl methyl sites for hydroxylation is 1. The largest absolute Gasteiger partial charge is 0.382 e. The van der Waals surface area contributed by atoms with E-state index in [1.165, 1.54) is 4.68 Å². The first-order chi connectivity index (χ1) is 9.26. The average Bonchev–Trinajstić information content (AvgIpc) is 2.33. The van der Waals surface area contributed by atoms with Crippen molar-refractivity contribution in [2.24, 2.45) is 5.41 Å². The molecule has 0 radical (unpaired) electrons. The van der Waals surface area contributed by atoms with Crippen LogP contribution in [0.5, 0.6) is 0 Å². The van der Waals surface area contributed by atoms with Crippen molar-refractivity contribution in [3.63, 3.8) is 0 Å². The Morgan fingerprint density at radius 1 is 1.45 bits per heavy atom. The maximum atomic E-state index is 12.1. The lowest BCUT2D eigenvalue weighted by Gasteiger charge is -2.29. The van der Waals surface area contributed by atoms with E-state index in [1.807, 2.05) is 6.92 Å². The summed E-state index contributed by atoms with van der Waals surface area (Å²) in [5.74, 6) is 0. The summed E-state index contributed by atoms with van der Waals surface area (Å²) < 4.78 is 2.04. The van der Waals surface area contributed by atoms with E-state index in [2.05, 4.69) is 59.2 Å². The Labute approximate surface area is 129 Å². The Kier molecular flexibility index (Phi) is 6.20. The summed E-state index contributed by atoms with van der Waals surface area (Å²) in [7, 11) is 4.12. The molecule has 20 heavy (non-hydrogen) atoms. The molecule has 0 aromatic carbocycles. The highest BCUT2D eigenvalue weighted by Gasteiger charge is 2.19. The average molecular weight is 345 g/mol. The number of nitrogens with zero attached hydrogens (tertiary/aromatic N) is 3. The van der Waals surface area contributed by atoms with Crippen LogP contribution >= 0.6 is 15.9 Å².